The van der Waals surface area contributed by atoms with Gasteiger partial charge >= 0.3 is 5.97 Å². The van der Waals surface area contributed by atoms with E-state index in [4.69, 9.17) is 14.6 Å². The number of nitrogens with zero attached hydrogens (tertiary/aromatic N) is 2. The molecule has 0 saturated carbocycles. The lowest BCUT2D eigenvalue weighted by Gasteiger charge is -2.41. The fourth-order valence-corrected chi connectivity index (χ4v) is 5.27. The molecule has 4 rings (SSSR count). The standard InChI is InChI=1S/C28H34F2N2O4/c1-19-14-23-22-9-5-4-8-20(22)15-24(23)28(32(19)17-26(29)30)25-11-10-21(16-31-25)36-13-7-3-2-6-12-35-18-27(33)34/h4-5,8-11,16,19,26,28H,2-3,6-7,12-15,17-18H2,1H3,(H,33,34)/t19-,28+/m1/s1. The van der Waals surface area contributed by atoms with E-state index in [1.165, 1.54) is 22.3 Å². The van der Waals surface area contributed by atoms with E-state index in [2.05, 4.69) is 17.1 Å². The Bertz CT molecular complexity index is 1060. The normalized spacial score (nSPS) is 19.4. The first-order valence-corrected chi connectivity index (χ1v) is 12.7. The minimum Gasteiger partial charge on any atom is -0.492 e. The molecule has 1 aromatic carbocycles. The largest absolute Gasteiger partial charge is 0.492 e. The molecule has 194 valence electrons. The zero-order valence-electron chi connectivity index (χ0n) is 20.7. The molecule has 1 aliphatic carbocycles. The number of unbranched alkanes of at least 4 members (excludes halogenated alkanes) is 3. The van der Waals surface area contributed by atoms with Gasteiger partial charge in [-0.3, -0.25) is 9.88 Å². The van der Waals surface area contributed by atoms with Crippen molar-refractivity contribution < 1.29 is 28.2 Å². The van der Waals surface area contributed by atoms with Crippen molar-refractivity contribution in [2.45, 2.75) is 64.0 Å². The maximum absolute atomic E-state index is 13.5. The van der Waals surface area contributed by atoms with Crippen molar-refractivity contribution >= 4 is 11.5 Å². The molecule has 0 spiro atoms. The first-order chi connectivity index (χ1) is 17.4. The second kappa shape index (κ2) is 12.4. The highest BCUT2D eigenvalue weighted by Gasteiger charge is 2.40. The van der Waals surface area contributed by atoms with Crippen molar-refractivity contribution in [2.24, 2.45) is 0 Å². The number of carbonyl (C=O) groups is 1. The molecule has 2 aliphatic rings. The van der Waals surface area contributed by atoms with Crippen LogP contribution in [0, 0.1) is 0 Å². The smallest absolute Gasteiger partial charge is 0.329 e. The molecular formula is C28H34F2N2O4. The summed E-state index contributed by atoms with van der Waals surface area (Å²) in [6.45, 7) is 2.50. The van der Waals surface area contributed by atoms with E-state index in [0.717, 1.165) is 44.2 Å². The highest BCUT2D eigenvalue weighted by molar-refractivity contribution is 5.78. The van der Waals surface area contributed by atoms with Gasteiger partial charge in [-0.25, -0.2) is 13.6 Å². The lowest BCUT2D eigenvalue weighted by Crippen LogP contribution is -2.43. The van der Waals surface area contributed by atoms with Gasteiger partial charge in [0.15, 0.2) is 0 Å². The summed E-state index contributed by atoms with van der Waals surface area (Å²) in [5.74, 6) is -0.287. The third-order valence-corrected chi connectivity index (χ3v) is 6.90. The molecule has 0 fully saturated rings. The molecule has 0 amide bonds. The molecule has 1 N–H and O–H groups in total. The fourth-order valence-electron chi connectivity index (χ4n) is 5.27. The molecule has 0 unspecified atom stereocenters. The van der Waals surface area contributed by atoms with Crippen molar-refractivity contribution in [3.05, 3.63) is 65.0 Å². The Kier molecular flexibility index (Phi) is 9.04. The van der Waals surface area contributed by atoms with Gasteiger partial charge in [-0.2, -0.15) is 0 Å². The Morgan fingerprint density at radius 1 is 1.14 bits per heavy atom. The average molecular weight is 501 g/mol. The molecule has 0 bridgehead atoms. The molecule has 36 heavy (non-hydrogen) atoms. The summed E-state index contributed by atoms with van der Waals surface area (Å²) in [7, 11) is 0. The van der Waals surface area contributed by atoms with E-state index in [9.17, 15) is 13.6 Å². The van der Waals surface area contributed by atoms with E-state index >= 15 is 0 Å². The molecule has 2 aromatic rings. The van der Waals surface area contributed by atoms with Gasteiger partial charge < -0.3 is 14.6 Å². The summed E-state index contributed by atoms with van der Waals surface area (Å²) in [6.07, 6.45) is 4.41. The number of halogens is 2. The van der Waals surface area contributed by atoms with Gasteiger partial charge in [0.05, 0.1) is 31.1 Å². The molecule has 2 atom stereocenters. The van der Waals surface area contributed by atoms with Crippen LogP contribution in [0.4, 0.5) is 8.78 Å². The number of aliphatic carboxylic acids is 1. The Morgan fingerprint density at radius 3 is 2.64 bits per heavy atom. The van der Waals surface area contributed by atoms with Crippen molar-refractivity contribution in [1.82, 2.24) is 9.88 Å². The highest BCUT2D eigenvalue weighted by atomic mass is 19.3. The molecule has 0 saturated heterocycles. The number of benzene rings is 1. The van der Waals surface area contributed by atoms with Crippen LogP contribution in [0.3, 0.4) is 0 Å². The monoisotopic (exact) mass is 500 g/mol. The van der Waals surface area contributed by atoms with Gasteiger partial charge in [-0.05, 0) is 73.4 Å². The van der Waals surface area contributed by atoms with Crippen LogP contribution in [0.1, 0.15) is 61.9 Å². The summed E-state index contributed by atoms with van der Waals surface area (Å²) in [6, 6.07) is 11.8. The van der Waals surface area contributed by atoms with Crippen LogP contribution in [0.15, 0.2) is 48.2 Å². The SMILES string of the molecule is C[C@@H]1CC2=C(Cc3ccccc32)[C@@H](c2ccc(OCCCCCCOCC(=O)O)cn2)N1CC(F)F. The van der Waals surface area contributed by atoms with Crippen LogP contribution < -0.4 is 4.74 Å². The molecule has 1 aliphatic heterocycles. The lowest BCUT2D eigenvalue weighted by molar-refractivity contribution is -0.142. The molecule has 2 heterocycles. The summed E-state index contributed by atoms with van der Waals surface area (Å²) < 4.78 is 38.0. The average Bonchev–Trinajstić information content (AvgIpc) is 3.21. The Hall–Kier alpha value is -2.84. The van der Waals surface area contributed by atoms with Gasteiger partial charge in [0.1, 0.15) is 12.4 Å². The number of fused-ring (bicyclic) bond motifs is 2. The van der Waals surface area contributed by atoms with Gasteiger partial charge in [-0.15, -0.1) is 0 Å². The number of carboxylic acid groups (broad SMARTS) is 1. The van der Waals surface area contributed by atoms with Crippen molar-refractivity contribution in [1.29, 1.82) is 0 Å². The second-order valence-corrected chi connectivity index (χ2v) is 9.51. The first kappa shape index (κ1) is 26.2. The van der Waals surface area contributed by atoms with E-state index in [-0.39, 0.29) is 25.2 Å². The van der Waals surface area contributed by atoms with Crippen molar-refractivity contribution in [2.75, 3.05) is 26.4 Å². The van der Waals surface area contributed by atoms with Crippen LogP contribution in [-0.2, 0) is 16.0 Å². The number of aromatic nitrogens is 1. The van der Waals surface area contributed by atoms with Crippen LogP contribution in [0.25, 0.3) is 5.57 Å². The van der Waals surface area contributed by atoms with E-state index in [1.54, 1.807) is 6.20 Å². The van der Waals surface area contributed by atoms with Gasteiger partial charge in [-0.1, -0.05) is 30.7 Å². The Labute approximate surface area is 210 Å². The third kappa shape index (κ3) is 6.48. The summed E-state index contributed by atoms with van der Waals surface area (Å²) in [4.78, 5) is 17.0. The van der Waals surface area contributed by atoms with Crippen LogP contribution in [0.5, 0.6) is 5.75 Å². The molecule has 8 heteroatoms. The predicted octanol–water partition coefficient (Wildman–Crippen LogP) is 5.53. The Morgan fingerprint density at radius 2 is 1.92 bits per heavy atom. The first-order valence-electron chi connectivity index (χ1n) is 12.7. The summed E-state index contributed by atoms with van der Waals surface area (Å²) in [5, 5.41) is 8.54. The quantitative estimate of drug-likeness (QED) is 0.365. The minimum atomic E-state index is -2.41. The maximum atomic E-state index is 13.5. The van der Waals surface area contributed by atoms with Crippen molar-refractivity contribution in [3.8, 4) is 5.75 Å². The van der Waals surface area contributed by atoms with Crippen LogP contribution >= 0.6 is 0 Å². The lowest BCUT2D eigenvalue weighted by atomic mass is 9.87. The van der Waals surface area contributed by atoms with Crippen molar-refractivity contribution in [3.63, 3.8) is 0 Å². The molecular weight excluding hydrogens is 466 g/mol. The number of carboxylic acids is 1. The number of hydrogen-bond acceptors (Lipinski definition) is 5. The molecule has 6 nitrogen and oxygen atoms in total. The number of rotatable bonds is 13. The van der Waals surface area contributed by atoms with Gasteiger partial charge in [0.25, 0.3) is 6.43 Å². The molecule has 1 aromatic heterocycles. The maximum Gasteiger partial charge on any atom is 0.329 e. The van der Waals surface area contributed by atoms with E-state index in [0.29, 0.717) is 19.0 Å². The zero-order chi connectivity index (χ0) is 25.5. The Balaban J connectivity index is 1.36. The fraction of sp³-hybridized carbons (Fsp3) is 0.500. The molecule has 0 radical (unpaired) electrons. The zero-order valence-corrected chi connectivity index (χ0v) is 20.7. The van der Waals surface area contributed by atoms with E-state index in [1.807, 2.05) is 36.1 Å². The second-order valence-electron chi connectivity index (χ2n) is 9.51. The number of ether oxygens (including phenoxy) is 2. The summed E-state index contributed by atoms with van der Waals surface area (Å²) >= 11 is 0. The minimum absolute atomic E-state index is 0.0128. The highest BCUT2D eigenvalue weighted by Crippen LogP contribution is 2.48. The van der Waals surface area contributed by atoms with E-state index < -0.39 is 12.4 Å². The van der Waals surface area contributed by atoms with Gasteiger partial charge in [0.2, 0.25) is 0 Å². The topological polar surface area (TPSA) is 71.9 Å². The number of hydrogen-bond donors (Lipinski definition) is 1. The van der Waals surface area contributed by atoms with Crippen LogP contribution in [0.2, 0.25) is 0 Å². The number of alkyl halides is 2. The predicted molar refractivity (Wildman–Crippen MR) is 133 cm³/mol. The summed E-state index contributed by atoms with van der Waals surface area (Å²) in [5.41, 5.74) is 5.74. The van der Waals surface area contributed by atoms with Crippen LogP contribution in [-0.4, -0.2) is 59.8 Å². The third-order valence-electron chi connectivity index (χ3n) is 6.90. The van der Waals surface area contributed by atoms with Gasteiger partial charge in [0, 0.05) is 12.6 Å². The number of pyridine rings is 1.